The first-order valence-corrected chi connectivity index (χ1v) is 39.5. The molecule has 4 N–H and O–H groups in total. The Bertz CT molecular complexity index is 3760. The fourth-order valence-corrected chi connectivity index (χ4v) is 14.4. The third-order valence-corrected chi connectivity index (χ3v) is 21.6. The highest BCUT2D eigenvalue weighted by molar-refractivity contribution is 9.10. The summed E-state index contributed by atoms with van der Waals surface area (Å²) in [5, 5.41) is 33.4. The summed E-state index contributed by atoms with van der Waals surface area (Å²) in [6, 6.07) is 42.4. The van der Waals surface area contributed by atoms with Gasteiger partial charge in [0.1, 0.15) is 17.6 Å². The third kappa shape index (κ3) is 27.3. The van der Waals surface area contributed by atoms with Gasteiger partial charge in [0.15, 0.2) is 0 Å². The van der Waals surface area contributed by atoms with Crippen molar-refractivity contribution < 1.29 is 86.8 Å². The van der Waals surface area contributed by atoms with Crippen LogP contribution < -0.4 is 10.1 Å². The number of nitrogens with one attached hydrogen (secondary N) is 1. The van der Waals surface area contributed by atoms with Crippen LogP contribution in [0, 0.1) is 0 Å². The lowest BCUT2D eigenvalue weighted by molar-refractivity contribution is -0.137. The fourth-order valence-electron chi connectivity index (χ4n) is 13.6. The highest BCUT2D eigenvalue weighted by Gasteiger charge is 2.33. The second-order valence-electron chi connectivity index (χ2n) is 27.8. The Morgan fingerprint density at radius 1 is 0.533 bits per heavy atom. The van der Waals surface area contributed by atoms with E-state index >= 15 is 0 Å². The van der Waals surface area contributed by atoms with E-state index in [9.17, 15) is 43.8 Å². The number of hydrogen-bond acceptors (Lipinski definition) is 18. The van der Waals surface area contributed by atoms with Gasteiger partial charge in [-0.25, -0.2) is 9.59 Å². The van der Waals surface area contributed by atoms with Crippen molar-refractivity contribution in [1.29, 1.82) is 0 Å². The summed E-state index contributed by atoms with van der Waals surface area (Å²) >= 11 is 13.3. The molecule has 1 saturated carbocycles. The normalized spacial score (nSPS) is 19.0. The SMILES string of the molecule is Brc1ccc(C2CCOCC2)cc1.CCOC(=O)C(=O)c1ccc(C2CCOCC2)cc1.O=C(N[C@H](CN1CCCC1)[C@H](O)c1ccc(OC2CC2)c(Cl)c1)C(=O)c1ccc(C2CCOCC2)cc1.O=C(O)C(=O)c1ccc(C2CCOCC2)cc1.O=C1CCOCC1.OC1(c2ccc(Br)cc2)CCOCC1. The van der Waals surface area contributed by atoms with Crippen LogP contribution in [0.5, 0.6) is 5.75 Å². The first kappa shape index (κ1) is 84.1. The number of Topliss-reactive ketones (excluding diaryl/α,β-unsaturated/α-hetero) is 4. The number of nitrogens with zero attached hydrogens (tertiary/aromatic N) is 1. The molecule has 107 heavy (non-hydrogen) atoms. The number of carboxylic acids is 1. The number of carbonyl (C=O) groups is 7. The molecule has 6 aromatic rings. The van der Waals surface area contributed by atoms with Crippen LogP contribution in [0.4, 0.5) is 0 Å². The Labute approximate surface area is 649 Å². The van der Waals surface area contributed by atoms with E-state index in [0.717, 1.165) is 156 Å². The van der Waals surface area contributed by atoms with E-state index in [0.29, 0.717) is 116 Å². The van der Waals surface area contributed by atoms with Gasteiger partial charge in [-0.1, -0.05) is 147 Å². The van der Waals surface area contributed by atoms with Crippen molar-refractivity contribution in [1.82, 2.24) is 10.2 Å². The Morgan fingerprint density at radius 3 is 1.32 bits per heavy atom. The zero-order chi connectivity index (χ0) is 75.9. The standard InChI is InChI=1S/C29H35ClN2O5.C15H18O4.C13H14O4.C11H13BrO2.C11H13BrO.C5H8O2/c30-24-17-22(7-10-26(24)37-23-8-9-23)27(33)25(18-32-13-1-2-14-32)31-29(35)28(34)21-5-3-19(4-6-21)20-11-15-36-16-12-20;1-2-19-15(17)14(16)13-5-3-11(4-6-13)12-7-9-18-10-8-12;14-12(13(15)16)11-3-1-9(2-4-11)10-5-7-17-8-6-10;12-10-3-1-9(2-4-10)11(13)5-7-14-8-6-11;12-11-3-1-9(2-4-11)10-5-7-13-8-6-10;6-5-1-3-7-4-2-5/h3-7,10,17,20,23,25,27,33H,1-2,8-9,11-16,18H2,(H,31,35);3-6,12H,2,7-10H2,1H3;1-4,10H,5-8H2,(H,15,16);1-4,13H,5-8H2;1-4,10H,5-8H2;1-4H2/t25-,27-;;;;;/m1...../s1. The van der Waals surface area contributed by atoms with Crippen LogP contribution in [0.2, 0.25) is 5.02 Å². The molecule has 1 amide bonds. The predicted octanol–water partition coefficient (Wildman–Crippen LogP) is 14.6. The van der Waals surface area contributed by atoms with Crippen molar-refractivity contribution in [3.05, 3.63) is 204 Å². The van der Waals surface area contributed by atoms with Crippen molar-refractivity contribution in [3.8, 4) is 5.75 Å². The predicted molar refractivity (Wildman–Crippen MR) is 413 cm³/mol. The Balaban J connectivity index is 0.000000160. The maximum Gasteiger partial charge on any atom is 0.379 e. The molecule has 7 saturated heterocycles. The fraction of sp³-hybridized carbons (Fsp3) is 0.488. The molecule has 14 rings (SSSR count). The molecule has 1 aliphatic carbocycles. The van der Waals surface area contributed by atoms with Gasteiger partial charge in [-0.2, -0.15) is 0 Å². The van der Waals surface area contributed by atoms with Gasteiger partial charge in [-0.05, 0) is 191 Å². The summed E-state index contributed by atoms with van der Waals surface area (Å²) in [7, 11) is 0. The van der Waals surface area contributed by atoms with Crippen LogP contribution in [0.1, 0.15) is 204 Å². The van der Waals surface area contributed by atoms with E-state index in [1.807, 2.05) is 60.7 Å². The number of likely N-dealkylation sites (tertiary alicyclic amines) is 1. The molecule has 6 aromatic carbocycles. The molecule has 0 bridgehead atoms. The van der Waals surface area contributed by atoms with Crippen LogP contribution in [-0.4, -0.2) is 179 Å². The molecule has 7 aliphatic heterocycles. The van der Waals surface area contributed by atoms with Crippen LogP contribution in [0.3, 0.4) is 0 Å². The number of aliphatic hydroxyl groups is 2. The first-order chi connectivity index (χ1) is 51.8. The van der Waals surface area contributed by atoms with Crippen molar-refractivity contribution in [3.63, 3.8) is 0 Å². The summed E-state index contributed by atoms with van der Waals surface area (Å²) in [6.07, 6.45) is 14.2. The lowest BCUT2D eigenvalue weighted by Gasteiger charge is -2.32. The molecule has 23 heteroatoms. The van der Waals surface area contributed by atoms with Gasteiger partial charge >= 0.3 is 11.9 Å². The number of esters is 1. The largest absolute Gasteiger partial charge is 0.489 e. The number of hydrogen-bond donors (Lipinski definition) is 4. The number of benzene rings is 6. The minimum atomic E-state index is -1.41. The van der Waals surface area contributed by atoms with Gasteiger partial charge in [0.25, 0.3) is 17.5 Å². The number of amides is 1. The van der Waals surface area contributed by atoms with Crippen molar-refractivity contribution in [2.45, 2.75) is 157 Å². The zero-order valence-corrected chi connectivity index (χ0v) is 64.9. The molecule has 576 valence electrons. The quantitative estimate of drug-likeness (QED) is 0.0333. The summed E-state index contributed by atoms with van der Waals surface area (Å²) in [5.41, 5.74) is 6.79. The molecule has 0 radical (unpaired) electrons. The second-order valence-corrected chi connectivity index (χ2v) is 30.1. The summed E-state index contributed by atoms with van der Waals surface area (Å²) < 4.78 is 44.2. The summed E-state index contributed by atoms with van der Waals surface area (Å²) in [5.74, 6) is -1.97. The molecule has 8 aliphatic rings. The number of ether oxygens (including phenoxy) is 8. The van der Waals surface area contributed by atoms with Gasteiger partial charge in [0, 0.05) is 124 Å². The molecule has 7 heterocycles. The molecule has 0 unspecified atom stereocenters. The number of rotatable bonds is 19. The van der Waals surface area contributed by atoms with Crippen LogP contribution in [0.25, 0.3) is 0 Å². The Kier molecular flexibility index (Phi) is 34.7. The van der Waals surface area contributed by atoms with E-state index in [1.165, 1.54) is 24.0 Å². The highest BCUT2D eigenvalue weighted by Crippen LogP contribution is 2.37. The molecule has 0 aromatic heterocycles. The van der Waals surface area contributed by atoms with Crippen molar-refractivity contribution in [2.75, 3.05) is 106 Å². The molecule has 0 spiro atoms. The minimum Gasteiger partial charge on any atom is -0.489 e. The van der Waals surface area contributed by atoms with Crippen LogP contribution in [-0.2, 0) is 57.9 Å². The minimum absolute atomic E-state index is 0.213. The topological polar surface area (TPSA) is 269 Å². The maximum atomic E-state index is 13.0. The van der Waals surface area contributed by atoms with Crippen LogP contribution in [0.15, 0.2) is 148 Å². The van der Waals surface area contributed by atoms with Crippen LogP contribution >= 0.6 is 43.5 Å². The molecular weight excluding hydrogens is 1520 g/mol. The number of ketones is 4. The van der Waals surface area contributed by atoms with E-state index in [2.05, 4.69) is 66.3 Å². The summed E-state index contributed by atoms with van der Waals surface area (Å²) in [4.78, 5) is 83.4. The second kappa shape index (κ2) is 44.1. The Morgan fingerprint density at radius 2 is 0.925 bits per heavy atom. The molecule has 2 atom stereocenters. The average molecular weight is 1620 g/mol. The zero-order valence-electron chi connectivity index (χ0n) is 61.0. The van der Waals surface area contributed by atoms with Crippen molar-refractivity contribution in [2.24, 2.45) is 0 Å². The summed E-state index contributed by atoms with van der Waals surface area (Å²) in [6.45, 7) is 13.1. The average Bonchev–Trinajstić information content (AvgIpc) is 1.80. The smallest absolute Gasteiger partial charge is 0.379 e. The van der Waals surface area contributed by atoms with Gasteiger partial charge < -0.3 is 63.4 Å². The first-order valence-electron chi connectivity index (χ1n) is 37.6. The number of halogens is 3. The lowest BCUT2D eigenvalue weighted by Crippen LogP contribution is -2.48. The van der Waals surface area contributed by atoms with Crippen molar-refractivity contribution >= 4 is 84.4 Å². The third-order valence-electron chi connectivity index (χ3n) is 20.2. The Hall–Kier alpha value is -6.90. The number of carbonyl (C=O) groups excluding carboxylic acids is 6. The molecular formula is C84H101Br2ClN2O18. The highest BCUT2D eigenvalue weighted by atomic mass is 79.9. The van der Waals surface area contributed by atoms with Gasteiger partial charge in [-0.15, -0.1) is 0 Å². The van der Waals surface area contributed by atoms with Gasteiger partial charge in [0.05, 0.1) is 42.6 Å². The van der Waals surface area contributed by atoms with E-state index < -0.39 is 52.9 Å². The molecule has 20 nitrogen and oxygen atoms in total. The van der Waals surface area contributed by atoms with E-state index in [-0.39, 0.29) is 18.3 Å². The lowest BCUT2D eigenvalue weighted by atomic mass is 9.87. The van der Waals surface area contributed by atoms with Gasteiger partial charge in [-0.3, -0.25) is 24.0 Å². The van der Waals surface area contributed by atoms with E-state index in [1.54, 1.807) is 61.5 Å². The number of carboxylic acid groups (broad SMARTS) is 1. The number of aliphatic hydroxyl groups excluding tert-OH is 1. The van der Waals surface area contributed by atoms with Gasteiger partial charge in [0.2, 0.25) is 5.78 Å². The molecule has 8 fully saturated rings. The van der Waals surface area contributed by atoms with E-state index in [4.69, 9.17) is 54.6 Å². The number of aliphatic carboxylic acids is 1. The monoisotopic (exact) mass is 1620 g/mol. The maximum absolute atomic E-state index is 13.0.